The zero-order chi connectivity index (χ0) is 25.1. The minimum Gasteiger partial charge on any atom is -0.338 e. The molecule has 34 heavy (non-hydrogen) atoms. The molecule has 4 rings (SSSR count). The average Bonchev–Trinajstić information content (AvgIpc) is 3.41. The quantitative estimate of drug-likeness (QED) is 0.573. The van der Waals surface area contributed by atoms with Crippen LogP contribution in [-0.2, 0) is 17.1 Å². The molecular formula is C24H25F6N3O. The van der Waals surface area contributed by atoms with Crippen molar-refractivity contribution >= 4 is 5.91 Å². The highest BCUT2D eigenvalue weighted by atomic mass is 19.4. The number of piperidine rings is 1. The lowest BCUT2D eigenvalue weighted by molar-refractivity contribution is -0.143. The van der Waals surface area contributed by atoms with E-state index in [1.807, 2.05) is 35.3 Å². The number of hydrazine groups is 1. The number of alkyl halides is 6. The van der Waals surface area contributed by atoms with Gasteiger partial charge >= 0.3 is 12.4 Å². The number of carbonyl (C=O) groups is 1. The molecule has 1 saturated carbocycles. The van der Waals surface area contributed by atoms with Gasteiger partial charge < -0.3 is 4.90 Å². The Balaban J connectivity index is 1.68. The third-order valence-electron chi connectivity index (χ3n) is 7.16. The van der Waals surface area contributed by atoms with Gasteiger partial charge in [-0.25, -0.2) is 5.01 Å². The highest BCUT2D eigenvalue weighted by Gasteiger charge is 2.71. The average molecular weight is 485 g/mol. The zero-order valence-corrected chi connectivity index (χ0v) is 18.8. The van der Waals surface area contributed by atoms with Crippen molar-refractivity contribution in [3.05, 3.63) is 70.8 Å². The number of nitrogens with one attached hydrogen (secondary N) is 1. The van der Waals surface area contributed by atoms with Gasteiger partial charge in [0.2, 0.25) is 5.91 Å². The molecule has 0 bridgehead atoms. The Morgan fingerprint density at radius 3 is 2.12 bits per heavy atom. The predicted molar refractivity (Wildman–Crippen MR) is 113 cm³/mol. The van der Waals surface area contributed by atoms with E-state index in [1.54, 1.807) is 7.05 Å². The summed E-state index contributed by atoms with van der Waals surface area (Å²) < 4.78 is 80.0. The highest BCUT2D eigenvalue weighted by molar-refractivity contribution is 5.88. The summed E-state index contributed by atoms with van der Waals surface area (Å²) in [6.07, 6.45) is -9.29. The monoisotopic (exact) mass is 485 g/mol. The Morgan fingerprint density at radius 2 is 1.62 bits per heavy atom. The first kappa shape index (κ1) is 24.5. The Morgan fingerprint density at radius 1 is 1.06 bits per heavy atom. The second-order valence-electron chi connectivity index (χ2n) is 9.06. The van der Waals surface area contributed by atoms with Crippen molar-refractivity contribution in [2.24, 2.45) is 11.3 Å². The van der Waals surface area contributed by atoms with Crippen molar-refractivity contribution in [3.63, 3.8) is 0 Å². The van der Waals surface area contributed by atoms with Crippen LogP contribution in [0.25, 0.3) is 0 Å². The van der Waals surface area contributed by atoms with E-state index >= 15 is 0 Å². The minimum absolute atomic E-state index is 0.0413. The van der Waals surface area contributed by atoms with Crippen molar-refractivity contribution in [3.8, 4) is 0 Å². The summed E-state index contributed by atoms with van der Waals surface area (Å²) in [5.41, 5.74) is 0.245. The Hall–Kier alpha value is -2.59. The van der Waals surface area contributed by atoms with Crippen molar-refractivity contribution in [1.29, 1.82) is 0 Å². The normalized spacial score (nSPS) is 25.7. The Bertz CT molecular complexity index is 1040. The molecule has 1 heterocycles. The van der Waals surface area contributed by atoms with Crippen molar-refractivity contribution in [2.45, 2.75) is 37.8 Å². The van der Waals surface area contributed by atoms with Gasteiger partial charge in [0, 0.05) is 13.6 Å². The Labute approximate surface area is 193 Å². The molecule has 184 valence electrons. The number of nitrogens with zero attached hydrogens (tertiary/aromatic N) is 2. The molecule has 1 saturated heterocycles. The molecule has 1 aliphatic heterocycles. The fourth-order valence-electron chi connectivity index (χ4n) is 5.19. The third kappa shape index (κ3) is 4.07. The summed E-state index contributed by atoms with van der Waals surface area (Å²) in [7, 11) is 3.20. The molecule has 2 aromatic rings. The van der Waals surface area contributed by atoms with Gasteiger partial charge in [-0.15, -0.1) is 0 Å². The summed E-state index contributed by atoms with van der Waals surface area (Å²) in [4.78, 5) is 15.0. The fraction of sp³-hybridized carbons (Fsp3) is 0.458. The maximum atomic E-state index is 13.8. The van der Waals surface area contributed by atoms with Crippen LogP contribution in [0.3, 0.4) is 0 Å². The van der Waals surface area contributed by atoms with E-state index in [9.17, 15) is 31.1 Å². The number of benzene rings is 2. The van der Waals surface area contributed by atoms with E-state index < -0.39 is 34.9 Å². The molecular weight excluding hydrogens is 460 g/mol. The SMILES string of the molecule is CNN1C[C@@H]2C[C@@]2(C(=O)N(C)[C@@H](C)c2cc(C(F)(F)F)cc(C(F)(F)F)c2)[C@H]1c1ccccc1. The van der Waals surface area contributed by atoms with E-state index in [2.05, 4.69) is 5.43 Å². The maximum Gasteiger partial charge on any atom is 0.416 e. The van der Waals surface area contributed by atoms with Crippen LogP contribution in [-0.4, -0.2) is 36.5 Å². The molecule has 1 aliphatic carbocycles. The molecule has 0 aromatic heterocycles. The molecule has 0 unspecified atom stereocenters. The van der Waals surface area contributed by atoms with Gasteiger partial charge in [-0.3, -0.25) is 10.2 Å². The van der Waals surface area contributed by atoms with Crippen molar-refractivity contribution in [2.75, 3.05) is 20.6 Å². The third-order valence-corrected chi connectivity index (χ3v) is 7.16. The second kappa shape index (κ2) is 8.27. The van der Waals surface area contributed by atoms with Gasteiger partial charge in [0.25, 0.3) is 0 Å². The second-order valence-corrected chi connectivity index (χ2v) is 9.06. The van der Waals surface area contributed by atoms with Crippen LogP contribution >= 0.6 is 0 Å². The van der Waals surface area contributed by atoms with Crippen LogP contribution in [0.5, 0.6) is 0 Å². The van der Waals surface area contributed by atoms with Gasteiger partial charge in [0.05, 0.1) is 28.6 Å². The number of hydrogen-bond donors (Lipinski definition) is 1. The molecule has 2 aliphatic rings. The van der Waals surface area contributed by atoms with Gasteiger partial charge in [-0.1, -0.05) is 30.3 Å². The number of fused-ring (bicyclic) bond motifs is 1. The van der Waals surface area contributed by atoms with Crippen LogP contribution in [0, 0.1) is 11.3 Å². The molecule has 10 heteroatoms. The van der Waals surface area contributed by atoms with Gasteiger partial charge in [0.15, 0.2) is 0 Å². The lowest BCUT2D eigenvalue weighted by Crippen LogP contribution is -2.44. The first-order valence-electron chi connectivity index (χ1n) is 10.9. The van der Waals surface area contributed by atoms with E-state index in [0.29, 0.717) is 25.1 Å². The lowest BCUT2D eigenvalue weighted by Gasteiger charge is -2.35. The van der Waals surface area contributed by atoms with Crippen LogP contribution in [0.4, 0.5) is 26.3 Å². The van der Waals surface area contributed by atoms with Crippen LogP contribution in [0.1, 0.15) is 47.7 Å². The number of amides is 1. The molecule has 0 spiro atoms. The molecule has 4 nitrogen and oxygen atoms in total. The number of rotatable bonds is 5. The minimum atomic E-state index is -4.95. The van der Waals surface area contributed by atoms with Crippen LogP contribution in [0.15, 0.2) is 48.5 Å². The molecule has 1 N–H and O–H groups in total. The highest BCUT2D eigenvalue weighted by Crippen LogP contribution is 2.67. The topological polar surface area (TPSA) is 35.6 Å². The van der Waals surface area contributed by atoms with Crippen molar-refractivity contribution < 1.29 is 31.1 Å². The fourth-order valence-corrected chi connectivity index (χ4v) is 5.19. The summed E-state index contributed by atoms with van der Waals surface area (Å²) in [6.45, 7) is 2.07. The summed E-state index contributed by atoms with van der Waals surface area (Å²) in [5, 5.41) is 1.96. The molecule has 2 fully saturated rings. The van der Waals surface area contributed by atoms with E-state index in [0.717, 1.165) is 5.56 Å². The number of carbonyl (C=O) groups excluding carboxylic acids is 1. The first-order valence-corrected chi connectivity index (χ1v) is 10.9. The smallest absolute Gasteiger partial charge is 0.338 e. The van der Waals surface area contributed by atoms with Gasteiger partial charge in [-0.05, 0) is 55.6 Å². The maximum absolute atomic E-state index is 13.8. The predicted octanol–water partition coefficient (Wildman–Crippen LogP) is 5.44. The number of hydrogen-bond acceptors (Lipinski definition) is 3. The van der Waals surface area contributed by atoms with Gasteiger partial charge in [0.1, 0.15) is 0 Å². The van der Waals surface area contributed by atoms with E-state index in [4.69, 9.17) is 0 Å². The number of halogens is 6. The van der Waals surface area contributed by atoms with E-state index in [1.165, 1.54) is 18.9 Å². The van der Waals surface area contributed by atoms with E-state index in [-0.39, 0.29) is 29.5 Å². The molecule has 2 aromatic carbocycles. The summed E-state index contributed by atoms with van der Waals surface area (Å²) in [6, 6.07) is 9.61. The molecule has 1 amide bonds. The lowest BCUT2D eigenvalue weighted by atomic mass is 9.88. The Kier molecular flexibility index (Phi) is 5.96. The molecule has 0 radical (unpaired) electrons. The molecule has 4 atom stereocenters. The van der Waals surface area contributed by atoms with Crippen LogP contribution in [0.2, 0.25) is 0 Å². The summed E-state index contributed by atoms with van der Waals surface area (Å²) in [5.74, 6) is -0.248. The largest absolute Gasteiger partial charge is 0.416 e. The standard InChI is InChI=1S/C24H25F6N3O/c1-14(16-9-17(23(25,26)27)11-18(10-16)24(28,29)30)32(3)21(34)22-12-19(22)13-33(31-2)20(22)15-7-5-4-6-8-15/h4-11,14,19-20,31H,12-13H2,1-3H3/t14-,19-,20+,22-/m0/s1. The zero-order valence-electron chi connectivity index (χ0n) is 18.8. The van der Waals surface area contributed by atoms with Crippen molar-refractivity contribution in [1.82, 2.24) is 15.3 Å². The van der Waals surface area contributed by atoms with Gasteiger partial charge in [-0.2, -0.15) is 26.3 Å². The first-order chi connectivity index (χ1) is 15.8. The van der Waals surface area contributed by atoms with Crippen LogP contribution < -0.4 is 5.43 Å². The summed E-state index contributed by atoms with van der Waals surface area (Å²) >= 11 is 0.